The number of anilines is 1. The molecule has 4 rings (SSSR count). The molecule has 3 heterocycles. The molecule has 0 unspecified atom stereocenters. The maximum absolute atomic E-state index is 13.0. The number of piperidine rings is 1. The monoisotopic (exact) mass is 344 g/mol. The summed E-state index contributed by atoms with van der Waals surface area (Å²) in [7, 11) is 0. The van der Waals surface area contributed by atoms with Crippen molar-refractivity contribution in [2.45, 2.75) is 31.2 Å². The fraction of sp³-hybridized carbons (Fsp3) is 0.444. The van der Waals surface area contributed by atoms with Crippen molar-refractivity contribution in [3.05, 3.63) is 47.2 Å². The highest BCUT2D eigenvalue weighted by molar-refractivity contribution is 6.33. The summed E-state index contributed by atoms with van der Waals surface area (Å²) in [5.74, 6) is 0.608. The standard InChI is InChI=1S/C18H21ClN4O/c19-14-5-1-2-6-16(14)23-11-8-17(18(23)24)22-10-3-4-13(12-22)15-7-9-20-21-15/h1-2,5-7,9,13,17H,3-4,8,10-12H2,(H,20,21)/t13-,17-/m1/s1. The molecule has 0 aliphatic carbocycles. The number of carbonyl (C=O) groups is 1. The number of hydrogen-bond acceptors (Lipinski definition) is 3. The van der Waals surface area contributed by atoms with Gasteiger partial charge in [0.2, 0.25) is 5.91 Å². The van der Waals surface area contributed by atoms with Crippen LogP contribution in [0.25, 0.3) is 0 Å². The van der Waals surface area contributed by atoms with Crippen LogP contribution in [0.1, 0.15) is 30.9 Å². The Morgan fingerprint density at radius 2 is 2.04 bits per heavy atom. The summed E-state index contributed by atoms with van der Waals surface area (Å²) in [6, 6.07) is 9.59. The molecule has 2 saturated heterocycles. The average molecular weight is 345 g/mol. The molecule has 2 fully saturated rings. The first-order valence-electron chi connectivity index (χ1n) is 8.53. The zero-order chi connectivity index (χ0) is 16.5. The second-order valence-corrected chi connectivity index (χ2v) is 7.00. The first-order valence-corrected chi connectivity index (χ1v) is 8.91. The van der Waals surface area contributed by atoms with Crippen molar-refractivity contribution in [2.75, 3.05) is 24.5 Å². The minimum atomic E-state index is -0.0352. The fourth-order valence-electron chi connectivity index (χ4n) is 3.95. The highest BCUT2D eigenvalue weighted by atomic mass is 35.5. The van der Waals surface area contributed by atoms with Gasteiger partial charge in [-0.05, 0) is 44.0 Å². The van der Waals surface area contributed by atoms with E-state index in [0.717, 1.165) is 44.6 Å². The van der Waals surface area contributed by atoms with Gasteiger partial charge in [0, 0.05) is 30.9 Å². The number of carbonyl (C=O) groups excluding carboxylic acids is 1. The van der Waals surface area contributed by atoms with Crippen LogP contribution in [-0.2, 0) is 4.79 Å². The molecule has 2 aliphatic rings. The number of likely N-dealkylation sites (tertiary alicyclic amines) is 1. The van der Waals surface area contributed by atoms with Gasteiger partial charge in [-0.1, -0.05) is 23.7 Å². The Morgan fingerprint density at radius 1 is 1.17 bits per heavy atom. The molecule has 2 atom stereocenters. The van der Waals surface area contributed by atoms with Gasteiger partial charge in [0.1, 0.15) is 0 Å². The maximum Gasteiger partial charge on any atom is 0.244 e. The van der Waals surface area contributed by atoms with E-state index in [2.05, 4.69) is 15.1 Å². The van der Waals surface area contributed by atoms with Gasteiger partial charge in [-0.3, -0.25) is 14.8 Å². The van der Waals surface area contributed by atoms with Gasteiger partial charge in [-0.2, -0.15) is 5.10 Å². The second-order valence-electron chi connectivity index (χ2n) is 6.59. The molecule has 1 aromatic heterocycles. The first kappa shape index (κ1) is 15.7. The van der Waals surface area contributed by atoms with E-state index in [9.17, 15) is 4.79 Å². The number of amides is 1. The SMILES string of the molecule is O=C1[C@H](N2CCC[C@@H](c3ccn[nH]3)C2)CCN1c1ccccc1Cl. The molecule has 1 aromatic carbocycles. The highest BCUT2D eigenvalue weighted by Crippen LogP contribution is 2.33. The van der Waals surface area contributed by atoms with E-state index in [0.29, 0.717) is 10.9 Å². The second kappa shape index (κ2) is 6.57. The Morgan fingerprint density at radius 3 is 2.83 bits per heavy atom. The number of nitrogens with zero attached hydrogens (tertiary/aromatic N) is 3. The fourth-order valence-corrected chi connectivity index (χ4v) is 4.19. The van der Waals surface area contributed by atoms with E-state index in [-0.39, 0.29) is 11.9 Å². The molecular weight excluding hydrogens is 324 g/mol. The maximum atomic E-state index is 13.0. The van der Waals surface area contributed by atoms with Crippen LogP contribution in [-0.4, -0.2) is 46.7 Å². The summed E-state index contributed by atoms with van der Waals surface area (Å²) in [5.41, 5.74) is 2.00. The van der Waals surface area contributed by atoms with E-state index in [1.165, 1.54) is 5.69 Å². The topological polar surface area (TPSA) is 52.2 Å². The number of rotatable bonds is 3. The van der Waals surface area contributed by atoms with Crippen molar-refractivity contribution in [3.8, 4) is 0 Å². The summed E-state index contributed by atoms with van der Waals surface area (Å²) >= 11 is 6.28. The normalized spacial score (nSPS) is 25.4. The van der Waals surface area contributed by atoms with E-state index in [1.807, 2.05) is 35.2 Å². The summed E-state index contributed by atoms with van der Waals surface area (Å²) in [4.78, 5) is 17.1. The third-order valence-corrected chi connectivity index (χ3v) is 5.50. The Balaban J connectivity index is 1.49. The third kappa shape index (κ3) is 2.82. The number of benzene rings is 1. The summed E-state index contributed by atoms with van der Waals surface area (Å²) < 4.78 is 0. The van der Waals surface area contributed by atoms with Crippen molar-refractivity contribution < 1.29 is 4.79 Å². The van der Waals surface area contributed by atoms with Crippen molar-refractivity contribution in [1.82, 2.24) is 15.1 Å². The Hall–Kier alpha value is -1.85. The highest BCUT2D eigenvalue weighted by Gasteiger charge is 2.39. The number of aromatic nitrogens is 2. The lowest BCUT2D eigenvalue weighted by Gasteiger charge is -2.35. The van der Waals surface area contributed by atoms with Gasteiger partial charge < -0.3 is 4.90 Å². The predicted molar refractivity (Wildman–Crippen MR) is 94.3 cm³/mol. The summed E-state index contributed by atoms with van der Waals surface area (Å²) in [6.07, 6.45) is 4.92. The van der Waals surface area contributed by atoms with Crippen LogP contribution < -0.4 is 4.90 Å². The lowest BCUT2D eigenvalue weighted by atomic mass is 9.93. The predicted octanol–water partition coefficient (Wildman–Crippen LogP) is 3.05. The average Bonchev–Trinajstić information content (AvgIpc) is 3.26. The minimum absolute atomic E-state index is 0.0352. The Bertz CT molecular complexity index is 718. The zero-order valence-corrected chi connectivity index (χ0v) is 14.2. The van der Waals surface area contributed by atoms with Crippen molar-refractivity contribution >= 4 is 23.2 Å². The summed E-state index contributed by atoms with van der Waals surface area (Å²) in [6.45, 7) is 2.63. The van der Waals surface area contributed by atoms with Crippen LogP contribution in [0.2, 0.25) is 5.02 Å². The molecule has 0 spiro atoms. The van der Waals surface area contributed by atoms with Crippen LogP contribution in [0.4, 0.5) is 5.69 Å². The first-order chi connectivity index (χ1) is 11.7. The number of nitrogens with one attached hydrogen (secondary N) is 1. The molecule has 6 heteroatoms. The molecular formula is C18H21ClN4O. The number of H-pyrrole nitrogens is 1. The molecule has 2 aromatic rings. The van der Waals surface area contributed by atoms with Gasteiger partial charge >= 0.3 is 0 Å². The summed E-state index contributed by atoms with van der Waals surface area (Å²) in [5, 5.41) is 7.78. The van der Waals surface area contributed by atoms with E-state index in [1.54, 1.807) is 6.20 Å². The van der Waals surface area contributed by atoms with E-state index < -0.39 is 0 Å². The third-order valence-electron chi connectivity index (χ3n) is 5.18. The van der Waals surface area contributed by atoms with E-state index >= 15 is 0 Å². The lowest BCUT2D eigenvalue weighted by Crippen LogP contribution is -2.46. The number of halogens is 1. The van der Waals surface area contributed by atoms with Crippen LogP contribution >= 0.6 is 11.6 Å². The van der Waals surface area contributed by atoms with Gasteiger partial charge in [0.05, 0.1) is 16.8 Å². The molecule has 1 amide bonds. The van der Waals surface area contributed by atoms with Crippen LogP contribution in [0.3, 0.4) is 0 Å². The van der Waals surface area contributed by atoms with Gasteiger partial charge in [0.15, 0.2) is 0 Å². The number of para-hydroxylation sites is 1. The minimum Gasteiger partial charge on any atom is -0.310 e. The molecule has 0 radical (unpaired) electrons. The molecule has 1 N–H and O–H groups in total. The van der Waals surface area contributed by atoms with Gasteiger partial charge in [-0.15, -0.1) is 0 Å². The van der Waals surface area contributed by atoms with Crippen molar-refractivity contribution in [3.63, 3.8) is 0 Å². The van der Waals surface area contributed by atoms with Crippen molar-refractivity contribution in [1.29, 1.82) is 0 Å². The largest absolute Gasteiger partial charge is 0.310 e. The Kier molecular flexibility index (Phi) is 4.29. The molecule has 0 bridgehead atoms. The molecule has 2 aliphatic heterocycles. The smallest absolute Gasteiger partial charge is 0.244 e. The lowest BCUT2D eigenvalue weighted by molar-refractivity contribution is -0.122. The Labute approximate surface area is 146 Å². The molecule has 126 valence electrons. The molecule has 5 nitrogen and oxygen atoms in total. The molecule has 24 heavy (non-hydrogen) atoms. The van der Waals surface area contributed by atoms with Gasteiger partial charge in [0.25, 0.3) is 0 Å². The van der Waals surface area contributed by atoms with E-state index in [4.69, 9.17) is 11.6 Å². The quantitative estimate of drug-likeness (QED) is 0.931. The number of aromatic amines is 1. The van der Waals surface area contributed by atoms with Crippen LogP contribution in [0.5, 0.6) is 0 Å². The number of hydrogen-bond donors (Lipinski definition) is 1. The zero-order valence-electron chi connectivity index (χ0n) is 13.5. The molecule has 0 saturated carbocycles. The van der Waals surface area contributed by atoms with Gasteiger partial charge in [-0.25, -0.2) is 0 Å². The van der Waals surface area contributed by atoms with Crippen LogP contribution in [0, 0.1) is 0 Å². The van der Waals surface area contributed by atoms with Crippen LogP contribution in [0.15, 0.2) is 36.5 Å². The van der Waals surface area contributed by atoms with Crippen molar-refractivity contribution in [2.24, 2.45) is 0 Å².